The zero-order valence-corrected chi connectivity index (χ0v) is 9.04. The molecular formula is C9H7BrN2O2. The third-order valence-electron chi connectivity index (χ3n) is 1.42. The zero-order chi connectivity index (χ0) is 10.6. The first-order valence-electron chi connectivity index (χ1n) is 3.92. The van der Waals surface area contributed by atoms with E-state index in [0.29, 0.717) is 16.8 Å². The number of pyridine rings is 1. The second-order valence-corrected chi connectivity index (χ2v) is 3.21. The molecule has 0 radical (unpaired) electrons. The summed E-state index contributed by atoms with van der Waals surface area (Å²) >= 11 is 3.10. The summed E-state index contributed by atoms with van der Waals surface area (Å²) in [5, 5.41) is 8.61. The third kappa shape index (κ3) is 2.54. The lowest BCUT2D eigenvalue weighted by atomic mass is 10.2. The van der Waals surface area contributed by atoms with Crippen LogP contribution in [0, 0.1) is 11.3 Å². The molecule has 1 heterocycles. The van der Waals surface area contributed by atoms with Crippen LogP contribution in [0.1, 0.15) is 23.0 Å². The van der Waals surface area contributed by atoms with Gasteiger partial charge in [0, 0.05) is 0 Å². The maximum absolute atomic E-state index is 11.3. The molecule has 0 bridgehead atoms. The van der Waals surface area contributed by atoms with Gasteiger partial charge in [0.05, 0.1) is 12.2 Å². The fourth-order valence-electron chi connectivity index (χ4n) is 0.886. The van der Waals surface area contributed by atoms with Crippen molar-refractivity contribution in [2.45, 2.75) is 6.92 Å². The molecule has 0 N–H and O–H groups in total. The molecule has 0 saturated heterocycles. The van der Waals surface area contributed by atoms with Gasteiger partial charge in [-0.15, -0.1) is 0 Å². The number of halogens is 1. The van der Waals surface area contributed by atoms with Crippen LogP contribution in [0.25, 0.3) is 0 Å². The zero-order valence-electron chi connectivity index (χ0n) is 7.45. The van der Waals surface area contributed by atoms with E-state index in [-0.39, 0.29) is 5.69 Å². The number of carbonyl (C=O) groups is 1. The van der Waals surface area contributed by atoms with E-state index in [1.807, 2.05) is 6.07 Å². The highest BCUT2D eigenvalue weighted by atomic mass is 79.9. The number of ether oxygens (including phenoxy) is 1. The van der Waals surface area contributed by atoms with Crippen LogP contribution in [0.15, 0.2) is 16.7 Å². The van der Waals surface area contributed by atoms with E-state index in [1.165, 1.54) is 12.1 Å². The molecule has 1 aromatic heterocycles. The van der Waals surface area contributed by atoms with Gasteiger partial charge in [-0.25, -0.2) is 9.78 Å². The fourth-order valence-corrected chi connectivity index (χ4v) is 1.32. The molecule has 1 rings (SSSR count). The molecule has 1 aromatic rings. The molecule has 0 saturated carbocycles. The van der Waals surface area contributed by atoms with Crippen LogP contribution in [0.5, 0.6) is 0 Å². The molecule has 0 spiro atoms. The largest absolute Gasteiger partial charge is 0.462 e. The average molecular weight is 255 g/mol. The van der Waals surface area contributed by atoms with Crippen molar-refractivity contribution in [2.75, 3.05) is 6.61 Å². The molecule has 5 heteroatoms. The Hall–Kier alpha value is -1.41. The van der Waals surface area contributed by atoms with E-state index in [2.05, 4.69) is 20.9 Å². The summed E-state index contributed by atoms with van der Waals surface area (Å²) in [5.74, 6) is -0.452. The minimum absolute atomic E-state index is 0.183. The second kappa shape index (κ2) is 4.72. The van der Waals surface area contributed by atoms with E-state index in [9.17, 15) is 4.79 Å². The summed E-state index contributed by atoms with van der Waals surface area (Å²) in [6.07, 6.45) is 0. The Kier molecular flexibility index (Phi) is 3.60. The fraction of sp³-hybridized carbons (Fsp3) is 0.222. The molecule has 0 fully saturated rings. The van der Waals surface area contributed by atoms with Crippen molar-refractivity contribution >= 4 is 21.9 Å². The molecular weight excluding hydrogens is 248 g/mol. The van der Waals surface area contributed by atoms with Crippen molar-refractivity contribution < 1.29 is 9.53 Å². The van der Waals surface area contributed by atoms with Crippen LogP contribution in [-0.2, 0) is 4.74 Å². The van der Waals surface area contributed by atoms with Crippen LogP contribution in [0.3, 0.4) is 0 Å². The van der Waals surface area contributed by atoms with E-state index in [1.54, 1.807) is 6.92 Å². The van der Waals surface area contributed by atoms with Crippen molar-refractivity contribution in [1.82, 2.24) is 4.98 Å². The summed E-state index contributed by atoms with van der Waals surface area (Å²) in [6, 6.07) is 4.76. The molecule has 0 aliphatic carbocycles. The highest BCUT2D eigenvalue weighted by Crippen LogP contribution is 2.12. The molecule has 72 valence electrons. The van der Waals surface area contributed by atoms with Gasteiger partial charge in [0.15, 0.2) is 0 Å². The Balaban J connectivity index is 3.04. The SMILES string of the molecule is CCOC(=O)c1cc(Br)nc(C#N)c1. The minimum Gasteiger partial charge on any atom is -0.462 e. The predicted octanol–water partition coefficient (Wildman–Crippen LogP) is 1.89. The summed E-state index contributed by atoms with van der Waals surface area (Å²) in [7, 11) is 0. The minimum atomic E-state index is -0.452. The van der Waals surface area contributed by atoms with Crippen molar-refractivity contribution in [3.05, 3.63) is 28.0 Å². The predicted molar refractivity (Wildman–Crippen MR) is 52.6 cm³/mol. The monoisotopic (exact) mass is 254 g/mol. The lowest BCUT2D eigenvalue weighted by Gasteiger charge is -2.01. The highest BCUT2D eigenvalue weighted by Gasteiger charge is 2.09. The second-order valence-electron chi connectivity index (χ2n) is 2.40. The molecule has 0 amide bonds. The normalized spacial score (nSPS) is 9.21. The van der Waals surface area contributed by atoms with Crippen molar-refractivity contribution in [2.24, 2.45) is 0 Å². The number of nitrogens with zero attached hydrogens (tertiary/aromatic N) is 2. The third-order valence-corrected chi connectivity index (χ3v) is 1.83. The number of rotatable bonds is 2. The number of hydrogen-bond acceptors (Lipinski definition) is 4. The maximum Gasteiger partial charge on any atom is 0.338 e. The quantitative estimate of drug-likeness (QED) is 0.598. The van der Waals surface area contributed by atoms with Crippen molar-refractivity contribution in [3.8, 4) is 6.07 Å². The van der Waals surface area contributed by atoms with Gasteiger partial charge in [0.25, 0.3) is 0 Å². The maximum atomic E-state index is 11.3. The molecule has 0 unspecified atom stereocenters. The number of nitriles is 1. The van der Waals surface area contributed by atoms with Gasteiger partial charge in [0.1, 0.15) is 16.4 Å². The molecule has 0 aliphatic rings. The summed E-state index contributed by atoms with van der Waals surface area (Å²) in [5.41, 5.74) is 0.507. The smallest absolute Gasteiger partial charge is 0.338 e. The first kappa shape index (κ1) is 10.7. The van der Waals surface area contributed by atoms with Crippen LogP contribution in [0.2, 0.25) is 0 Å². The first-order valence-corrected chi connectivity index (χ1v) is 4.71. The standard InChI is InChI=1S/C9H7BrN2O2/c1-2-14-9(13)6-3-7(5-11)12-8(10)4-6/h3-4H,2H2,1H3. The van der Waals surface area contributed by atoms with Gasteiger partial charge < -0.3 is 4.74 Å². The van der Waals surface area contributed by atoms with Crippen molar-refractivity contribution in [3.63, 3.8) is 0 Å². The van der Waals surface area contributed by atoms with E-state index < -0.39 is 5.97 Å². The average Bonchev–Trinajstić information content (AvgIpc) is 2.17. The Bertz CT molecular complexity index is 398. The van der Waals surface area contributed by atoms with Gasteiger partial charge in [-0.1, -0.05) is 0 Å². The van der Waals surface area contributed by atoms with Gasteiger partial charge in [-0.3, -0.25) is 0 Å². The van der Waals surface area contributed by atoms with E-state index >= 15 is 0 Å². The van der Waals surface area contributed by atoms with E-state index in [4.69, 9.17) is 10.00 Å². The van der Waals surface area contributed by atoms with E-state index in [0.717, 1.165) is 0 Å². The van der Waals surface area contributed by atoms with Gasteiger partial charge in [-0.2, -0.15) is 5.26 Å². The number of hydrogen-bond donors (Lipinski definition) is 0. The Morgan fingerprint density at radius 3 is 3.00 bits per heavy atom. The Labute approximate surface area is 89.6 Å². The van der Waals surface area contributed by atoms with Gasteiger partial charge in [0.2, 0.25) is 0 Å². The summed E-state index contributed by atoms with van der Waals surface area (Å²) in [4.78, 5) is 15.1. The van der Waals surface area contributed by atoms with Gasteiger partial charge in [-0.05, 0) is 35.0 Å². The highest BCUT2D eigenvalue weighted by molar-refractivity contribution is 9.10. The lowest BCUT2D eigenvalue weighted by Crippen LogP contribution is -2.05. The van der Waals surface area contributed by atoms with Crippen LogP contribution in [0.4, 0.5) is 0 Å². The Morgan fingerprint density at radius 2 is 2.43 bits per heavy atom. The Morgan fingerprint density at radius 1 is 1.71 bits per heavy atom. The molecule has 14 heavy (non-hydrogen) atoms. The lowest BCUT2D eigenvalue weighted by molar-refractivity contribution is 0.0526. The number of aromatic nitrogens is 1. The summed E-state index contributed by atoms with van der Waals surface area (Å²) < 4.78 is 5.23. The van der Waals surface area contributed by atoms with Crippen LogP contribution >= 0.6 is 15.9 Å². The molecule has 0 aliphatic heterocycles. The topological polar surface area (TPSA) is 63.0 Å². The molecule has 0 atom stereocenters. The summed E-state index contributed by atoms with van der Waals surface area (Å²) in [6.45, 7) is 2.03. The van der Waals surface area contributed by atoms with Crippen LogP contribution in [-0.4, -0.2) is 17.6 Å². The number of carbonyl (C=O) groups excluding carboxylic acids is 1. The van der Waals surface area contributed by atoms with Crippen LogP contribution < -0.4 is 0 Å². The molecule has 0 aromatic carbocycles. The number of esters is 1. The first-order chi connectivity index (χ1) is 6.67. The molecule has 4 nitrogen and oxygen atoms in total. The van der Waals surface area contributed by atoms with Crippen molar-refractivity contribution in [1.29, 1.82) is 5.26 Å². The van der Waals surface area contributed by atoms with Gasteiger partial charge >= 0.3 is 5.97 Å².